The summed E-state index contributed by atoms with van der Waals surface area (Å²) in [6.07, 6.45) is 5.21. The summed E-state index contributed by atoms with van der Waals surface area (Å²) >= 11 is 3.29. The van der Waals surface area contributed by atoms with Gasteiger partial charge in [-0.2, -0.15) is 0 Å². The van der Waals surface area contributed by atoms with Crippen LogP contribution in [-0.4, -0.2) is 27.2 Å². The van der Waals surface area contributed by atoms with Gasteiger partial charge in [-0.05, 0) is 52.2 Å². The fraction of sp³-hybridized carbons (Fsp3) is 0.143. The third kappa shape index (κ3) is 4.65. The molecule has 2 aromatic carbocycles. The van der Waals surface area contributed by atoms with Gasteiger partial charge >= 0.3 is 5.97 Å². The first-order chi connectivity index (χ1) is 13.1. The number of carbonyl (C=O) groups excluding carboxylic acids is 1. The van der Waals surface area contributed by atoms with Crippen molar-refractivity contribution in [1.29, 1.82) is 0 Å². The molecule has 0 saturated carbocycles. The van der Waals surface area contributed by atoms with Crippen molar-refractivity contribution in [2.24, 2.45) is 0 Å². The largest absolute Gasteiger partial charge is 0.507 e. The Balaban J connectivity index is 2.02. The highest BCUT2D eigenvalue weighted by molar-refractivity contribution is 9.10. The Labute approximate surface area is 166 Å². The molecule has 0 fully saturated rings. The number of phenols is 1. The molecule has 3 rings (SSSR count). The normalized spacial score (nSPS) is 11.4. The van der Waals surface area contributed by atoms with E-state index in [0.717, 1.165) is 11.1 Å². The minimum absolute atomic E-state index is 0.135. The van der Waals surface area contributed by atoms with E-state index >= 15 is 0 Å². The summed E-state index contributed by atoms with van der Waals surface area (Å²) in [6.45, 7) is 2.63. The van der Waals surface area contributed by atoms with Crippen LogP contribution < -0.4 is 0 Å². The summed E-state index contributed by atoms with van der Waals surface area (Å²) < 4.78 is 7.70. The van der Waals surface area contributed by atoms with Gasteiger partial charge < -0.3 is 14.4 Å². The third-order valence-electron chi connectivity index (χ3n) is 3.93. The number of phenolic OH excluding ortho intramolecular Hbond substituents is 1. The van der Waals surface area contributed by atoms with Gasteiger partial charge in [-0.15, -0.1) is 0 Å². The number of aromatic hydroxyl groups is 1. The lowest BCUT2D eigenvalue weighted by atomic mass is 10.1. The number of benzene rings is 2. The highest BCUT2D eigenvalue weighted by Crippen LogP contribution is 2.27. The number of rotatable bonds is 6. The van der Waals surface area contributed by atoms with E-state index in [1.54, 1.807) is 37.4 Å². The molecule has 1 aromatic heterocycles. The summed E-state index contributed by atoms with van der Waals surface area (Å²) in [5.74, 6) is 0.221. The molecule has 0 aliphatic rings. The second kappa shape index (κ2) is 8.68. The molecule has 0 unspecified atom stereocenters. The van der Waals surface area contributed by atoms with Crippen LogP contribution in [0.2, 0.25) is 0 Å². The van der Waals surface area contributed by atoms with Gasteiger partial charge in [0.15, 0.2) is 0 Å². The smallest absolute Gasteiger partial charge is 0.341 e. The number of halogens is 1. The van der Waals surface area contributed by atoms with Crippen LogP contribution in [0.4, 0.5) is 0 Å². The lowest BCUT2D eigenvalue weighted by Crippen LogP contribution is -2.12. The molecular weight excluding hydrogens is 408 g/mol. The molecule has 1 N–H and O–H groups in total. The molecule has 0 bridgehead atoms. The predicted octanol–water partition coefficient (Wildman–Crippen LogP) is 4.50. The number of imidazole rings is 1. The summed E-state index contributed by atoms with van der Waals surface area (Å²) in [5.41, 5.74) is 2.21. The average Bonchev–Trinajstić information content (AvgIpc) is 3.11. The van der Waals surface area contributed by atoms with Crippen LogP contribution in [0.5, 0.6) is 5.75 Å². The number of ether oxygens (including phenoxy) is 1. The number of aromatic nitrogens is 2. The summed E-state index contributed by atoms with van der Waals surface area (Å²) in [4.78, 5) is 17.0. The monoisotopic (exact) mass is 426 g/mol. The van der Waals surface area contributed by atoms with Gasteiger partial charge in [0.05, 0.1) is 11.1 Å². The number of hydrogen-bond acceptors (Lipinski definition) is 4. The van der Waals surface area contributed by atoms with Gasteiger partial charge in [-0.1, -0.05) is 36.4 Å². The predicted molar refractivity (Wildman–Crippen MR) is 108 cm³/mol. The first-order valence-electron chi connectivity index (χ1n) is 8.51. The molecule has 0 spiro atoms. The molecule has 0 aliphatic carbocycles. The number of carbonyl (C=O) groups is 1. The molecule has 0 atom stereocenters. The van der Waals surface area contributed by atoms with Crippen molar-refractivity contribution in [3.63, 3.8) is 0 Å². The van der Waals surface area contributed by atoms with E-state index in [2.05, 4.69) is 20.9 Å². The van der Waals surface area contributed by atoms with Crippen LogP contribution in [0.25, 0.3) is 11.6 Å². The van der Waals surface area contributed by atoms with E-state index in [4.69, 9.17) is 4.74 Å². The Morgan fingerprint density at radius 1 is 1.26 bits per heavy atom. The van der Waals surface area contributed by atoms with Crippen LogP contribution in [0.15, 0.2) is 65.4 Å². The average molecular weight is 427 g/mol. The van der Waals surface area contributed by atoms with Crippen molar-refractivity contribution in [3.8, 4) is 5.75 Å². The van der Waals surface area contributed by atoms with Gasteiger partial charge in [0.25, 0.3) is 0 Å². The van der Waals surface area contributed by atoms with Gasteiger partial charge in [0.1, 0.15) is 17.1 Å². The van der Waals surface area contributed by atoms with Gasteiger partial charge in [0, 0.05) is 18.9 Å². The Morgan fingerprint density at radius 3 is 2.74 bits per heavy atom. The van der Waals surface area contributed by atoms with Crippen molar-refractivity contribution in [1.82, 2.24) is 9.55 Å². The van der Waals surface area contributed by atoms with Gasteiger partial charge in [-0.25, -0.2) is 9.78 Å². The Bertz CT molecular complexity index is 965. The van der Waals surface area contributed by atoms with Crippen LogP contribution >= 0.6 is 15.9 Å². The zero-order chi connectivity index (χ0) is 19.2. The molecule has 138 valence electrons. The lowest BCUT2D eigenvalue weighted by molar-refractivity contribution is -0.136. The SMILES string of the molecule is CCOC(=O)C(=Cc1ccc(O)c(Br)c1)c1nccn1Cc1ccccc1. The summed E-state index contributed by atoms with van der Waals surface area (Å²) in [6, 6.07) is 15.0. The van der Waals surface area contributed by atoms with E-state index in [-0.39, 0.29) is 12.4 Å². The quantitative estimate of drug-likeness (QED) is 0.465. The maximum Gasteiger partial charge on any atom is 0.341 e. The fourth-order valence-electron chi connectivity index (χ4n) is 2.66. The lowest BCUT2D eigenvalue weighted by Gasteiger charge is -2.11. The minimum atomic E-state index is -0.442. The highest BCUT2D eigenvalue weighted by Gasteiger charge is 2.19. The third-order valence-corrected chi connectivity index (χ3v) is 4.57. The van der Waals surface area contributed by atoms with E-state index in [9.17, 15) is 9.90 Å². The number of esters is 1. The van der Waals surface area contributed by atoms with Crippen molar-refractivity contribution in [2.75, 3.05) is 6.61 Å². The first kappa shape index (κ1) is 18.9. The Kier molecular flexibility index (Phi) is 6.08. The second-order valence-electron chi connectivity index (χ2n) is 5.85. The molecule has 5 nitrogen and oxygen atoms in total. The van der Waals surface area contributed by atoms with E-state index in [0.29, 0.717) is 22.4 Å². The second-order valence-corrected chi connectivity index (χ2v) is 6.71. The molecule has 0 aliphatic heterocycles. The molecule has 6 heteroatoms. The fourth-order valence-corrected chi connectivity index (χ4v) is 3.06. The zero-order valence-electron chi connectivity index (χ0n) is 14.8. The van der Waals surface area contributed by atoms with Crippen molar-refractivity contribution < 1.29 is 14.6 Å². The van der Waals surface area contributed by atoms with Crippen LogP contribution in [0.3, 0.4) is 0 Å². The van der Waals surface area contributed by atoms with Crippen molar-refractivity contribution in [2.45, 2.75) is 13.5 Å². The molecule has 0 amide bonds. The molecular formula is C21H19BrN2O3. The van der Waals surface area contributed by atoms with Gasteiger partial charge in [-0.3, -0.25) is 0 Å². The van der Waals surface area contributed by atoms with E-state index in [1.165, 1.54) is 0 Å². The molecule has 0 radical (unpaired) electrons. The maximum atomic E-state index is 12.6. The van der Waals surface area contributed by atoms with Crippen LogP contribution in [0, 0.1) is 0 Å². The molecule has 0 saturated heterocycles. The molecule has 3 aromatic rings. The Hall–Kier alpha value is -2.86. The van der Waals surface area contributed by atoms with Crippen molar-refractivity contribution in [3.05, 3.63) is 82.3 Å². The summed E-state index contributed by atoms with van der Waals surface area (Å²) in [5, 5.41) is 9.69. The van der Waals surface area contributed by atoms with E-state index < -0.39 is 5.97 Å². The molecule has 27 heavy (non-hydrogen) atoms. The Morgan fingerprint density at radius 2 is 2.04 bits per heavy atom. The number of hydrogen-bond donors (Lipinski definition) is 1. The zero-order valence-corrected chi connectivity index (χ0v) is 16.4. The standard InChI is InChI=1S/C21H19BrN2O3/c1-2-27-21(26)17(12-16-8-9-19(25)18(22)13-16)20-23-10-11-24(20)14-15-6-4-3-5-7-15/h3-13,25H,2,14H2,1H3. The summed E-state index contributed by atoms with van der Waals surface area (Å²) in [7, 11) is 0. The van der Waals surface area contributed by atoms with Gasteiger partial charge in [0.2, 0.25) is 0 Å². The first-order valence-corrected chi connectivity index (χ1v) is 9.30. The van der Waals surface area contributed by atoms with Crippen LogP contribution in [-0.2, 0) is 16.1 Å². The minimum Gasteiger partial charge on any atom is -0.507 e. The molecule has 1 heterocycles. The van der Waals surface area contributed by atoms with Crippen LogP contribution in [0.1, 0.15) is 23.9 Å². The van der Waals surface area contributed by atoms with Crippen molar-refractivity contribution >= 4 is 33.5 Å². The number of nitrogens with zero attached hydrogens (tertiary/aromatic N) is 2. The van der Waals surface area contributed by atoms with E-state index in [1.807, 2.05) is 41.1 Å². The topological polar surface area (TPSA) is 64.3 Å². The highest BCUT2D eigenvalue weighted by atomic mass is 79.9. The maximum absolute atomic E-state index is 12.6.